The number of carbonyl (C=O) groups is 2. The first-order valence-corrected chi connectivity index (χ1v) is 10.2. The fraction of sp³-hybridized carbons (Fsp3) is 0.115. The Labute approximate surface area is 183 Å². The molecule has 0 fully saturated rings. The van der Waals surface area contributed by atoms with Gasteiger partial charge in [0.1, 0.15) is 5.58 Å². The Morgan fingerprint density at radius 3 is 2.34 bits per heavy atom. The SMILES string of the molecule is COC(=O)c1ccc(C2c3c(oc4ccccc4c3=O)C(=O)N2Cc2ccccc2)cc1. The van der Waals surface area contributed by atoms with Gasteiger partial charge in [0.25, 0.3) is 5.91 Å². The molecule has 0 saturated heterocycles. The van der Waals surface area contributed by atoms with Crippen molar-refractivity contribution in [3.05, 3.63) is 117 Å². The van der Waals surface area contributed by atoms with Crippen molar-refractivity contribution in [2.45, 2.75) is 12.6 Å². The Morgan fingerprint density at radius 2 is 1.62 bits per heavy atom. The van der Waals surface area contributed by atoms with Crippen LogP contribution in [0.25, 0.3) is 11.0 Å². The lowest BCUT2D eigenvalue weighted by Crippen LogP contribution is -2.29. The summed E-state index contributed by atoms with van der Waals surface area (Å²) in [6, 6.07) is 22.6. The van der Waals surface area contributed by atoms with E-state index in [0.717, 1.165) is 5.56 Å². The number of nitrogens with zero attached hydrogens (tertiary/aromatic N) is 1. The highest BCUT2D eigenvalue weighted by molar-refractivity contribution is 5.99. The smallest absolute Gasteiger partial charge is 0.337 e. The molecule has 1 atom stereocenters. The molecule has 0 radical (unpaired) electrons. The van der Waals surface area contributed by atoms with Crippen LogP contribution in [0.3, 0.4) is 0 Å². The van der Waals surface area contributed by atoms with Crippen LogP contribution in [0, 0.1) is 0 Å². The van der Waals surface area contributed by atoms with E-state index in [1.165, 1.54) is 7.11 Å². The van der Waals surface area contributed by atoms with Crippen molar-refractivity contribution >= 4 is 22.8 Å². The molecule has 0 bridgehead atoms. The summed E-state index contributed by atoms with van der Waals surface area (Å²) in [6.07, 6.45) is 0. The standard InChI is InChI=1S/C26H19NO5/c1-31-26(30)18-13-11-17(12-14-18)22-21-23(28)19-9-5-6-10-20(19)32-24(21)25(29)27(22)15-16-7-3-2-4-8-16/h2-14,22H,15H2,1H3. The van der Waals surface area contributed by atoms with Crippen molar-refractivity contribution in [1.29, 1.82) is 0 Å². The van der Waals surface area contributed by atoms with Crippen LogP contribution in [-0.2, 0) is 11.3 Å². The first-order valence-electron chi connectivity index (χ1n) is 10.2. The summed E-state index contributed by atoms with van der Waals surface area (Å²) in [5.41, 5.74) is 2.50. The monoisotopic (exact) mass is 425 g/mol. The van der Waals surface area contributed by atoms with Gasteiger partial charge in [0.05, 0.1) is 29.7 Å². The summed E-state index contributed by atoms with van der Waals surface area (Å²) >= 11 is 0. The predicted octanol–water partition coefficient (Wildman–Crippen LogP) is 4.33. The number of amides is 1. The lowest BCUT2D eigenvalue weighted by molar-refractivity contribution is 0.0599. The summed E-state index contributed by atoms with van der Waals surface area (Å²) in [4.78, 5) is 40.4. The van der Waals surface area contributed by atoms with E-state index in [0.29, 0.717) is 34.2 Å². The molecule has 6 nitrogen and oxygen atoms in total. The fourth-order valence-corrected chi connectivity index (χ4v) is 4.18. The highest BCUT2D eigenvalue weighted by Gasteiger charge is 2.42. The van der Waals surface area contributed by atoms with Gasteiger partial charge in [0.15, 0.2) is 5.43 Å². The van der Waals surface area contributed by atoms with Crippen LogP contribution >= 0.6 is 0 Å². The predicted molar refractivity (Wildman–Crippen MR) is 118 cm³/mol. The number of esters is 1. The average molecular weight is 425 g/mol. The molecule has 32 heavy (non-hydrogen) atoms. The summed E-state index contributed by atoms with van der Waals surface area (Å²) in [7, 11) is 1.32. The third-order valence-corrected chi connectivity index (χ3v) is 5.72. The fourth-order valence-electron chi connectivity index (χ4n) is 4.18. The zero-order chi connectivity index (χ0) is 22.2. The molecule has 1 aromatic heterocycles. The molecule has 158 valence electrons. The molecule has 1 unspecified atom stereocenters. The van der Waals surface area contributed by atoms with Gasteiger partial charge in [-0.1, -0.05) is 54.6 Å². The van der Waals surface area contributed by atoms with Crippen molar-refractivity contribution in [3.8, 4) is 0 Å². The Bertz CT molecular complexity index is 1390. The maximum Gasteiger partial charge on any atom is 0.337 e. The van der Waals surface area contributed by atoms with E-state index in [9.17, 15) is 14.4 Å². The van der Waals surface area contributed by atoms with Crippen LogP contribution < -0.4 is 5.43 Å². The Balaban J connectivity index is 1.68. The van der Waals surface area contributed by atoms with Gasteiger partial charge in [0.2, 0.25) is 5.76 Å². The summed E-state index contributed by atoms with van der Waals surface area (Å²) in [6.45, 7) is 0.309. The van der Waals surface area contributed by atoms with Crippen LogP contribution in [0.4, 0.5) is 0 Å². The molecule has 0 N–H and O–H groups in total. The number of fused-ring (bicyclic) bond motifs is 2. The van der Waals surface area contributed by atoms with E-state index < -0.39 is 12.0 Å². The number of carbonyl (C=O) groups excluding carboxylic acids is 2. The van der Waals surface area contributed by atoms with Crippen LogP contribution in [-0.4, -0.2) is 23.9 Å². The van der Waals surface area contributed by atoms with E-state index in [1.807, 2.05) is 30.3 Å². The maximum absolute atomic E-state index is 13.5. The number of benzene rings is 3. The van der Waals surface area contributed by atoms with E-state index in [2.05, 4.69) is 0 Å². The van der Waals surface area contributed by atoms with E-state index in [4.69, 9.17) is 9.15 Å². The van der Waals surface area contributed by atoms with Crippen molar-refractivity contribution in [1.82, 2.24) is 4.90 Å². The summed E-state index contributed by atoms with van der Waals surface area (Å²) < 4.78 is 10.7. The number of ether oxygens (including phenoxy) is 1. The molecule has 0 saturated carbocycles. The van der Waals surface area contributed by atoms with Crippen LogP contribution in [0.1, 0.15) is 43.6 Å². The number of rotatable bonds is 4. The lowest BCUT2D eigenvalue weighted by atomic mass is 9.97. The molecule has 0 aliphatic carbocycles. The van der Waals surface area contributed by atoms with Crippen molar-refractivity contribution in [2.24, 2.45) is 0 Å². The number of para-hydroxylation sites is 1. The summed E-state index contributed by atoms with van der Waals surface area (Å²) in [5, 5.41) is 0.428. The number of hydrogen-bond acceptors (Lipinski definition) is 5. The highest BCUT2D eigenvalue weighted by atomic mass is 16.5. The maximum atomic E-state index is 13.5. The molecular weight excluding hydrogens is 406 g/mol. The second-order valence-electron chi connectivity index (χ2n) is 7.60. The minimum atomic E-state index is -0.634. The van der Waals surface area contributed by atoms with Gasteiger partial charge >= 0.3 is 5.97 Å². The minimum Gasteiger partial charge on any atom is -0.465 e. The molecule has 3 aromatic carbocycles. The van der Waals surface area contributed by atoms with Gasteiger partial charge in [0, 0.05) is 6.54 Å². The third-order valence-electron chi connectivity index (χ3n) is 5.72. The second-order valence-corrected chi connectivity index (χ2v) is 7.60. The molecule has 1 aliphatic rings. The van der Waals surface area contributed by atoms with Gasteiger partial charge in [-0.25, -0.2) is 4.79 Å². The summed E-state index contributed by atoms with van der Waals surface area (Å²) in [5.74, 6) is -0.730. The Morgan fingerprint density at radius 1 is 0.938 bits per heavy atom. The quantitative estimate of drug-likeness (QED) is 0.455. The van der Waals surface area contributed by atoms with Gasteiger partial charge < -0.3 is 14.1 Å². The molecule has 1 aliphatic heterocycles. The van der Waals surface area contributed by atoms with Crippen molar-refractivity contribution < 1.29 is 18.7 Å². The Kier molecular flexibility index (Phi) is 4.82. The molecule has 0 spiro atoms. The Hall–Kier alpha value is -4.19. The van der Waals surface area contributed by atoms with Gasteiger partial charge in [-0.05, 0) is 35.4 Å². The zero-order valence-electron chi connectivity index (χ0n) is 17.3. The minimum absolute atomic E-state index is 0.0617. The molecule has 4 aromatic rings. The average Bonchev–Trinajstić information content (AvgIpc) is 3.11. The third kappa shape index (κ3) is 3.17. The number of methoxy groups -OCH3 is 1. The van der Waals surface area contributed by atoms with E-state index >= 15 is 0 Å². The van der Waals surface area contributed by atoms with Gasteiger partial charge in [-0.3, -0.25) is 9.59 Å². The van der Waals surface area contributed by atoms with Gasteiger partial charge in [-0.15, -0.1) is 0 Å². The number of hydrogen-bond donors (Lipinski definition) is 0. The largest absolute Gasteiger partial charge is 0.465 e. The van der Waals surface area contributed by atoms with Crippen LogP contribution in [0.2, 0.25) is 0 Å². The van der Waals surface area contributed by atoms with Gasteiger partial charge in [-0.2, -0.15) is 0 Å². The molecule has 6 heteroatoms. The first-order chi connectivity index (χ1) is 15.6. The van der Waals surface area contributed by atoms with Crippen molar-refractivity contribution in [3.63, 3.8) is 0 Å². The topological polar surface area (TPSA) is 76.8 Å². The normalized spacial score (nSPS) is 15.1. The van der Waals surface area contributed by atoms with E-state index in [1.54, 1.807) is 53.4 Å². The second kappa shape index (κ2) is 7.81. The molecule has 1 amide bonds. The van der Waals surface area contributed by atoms with Crippen molar-refractivity contribution in [2.75, 3.05) is 7.11 Å². The zero-order valence-corrected chi connectivity index (χ0v) is 17.3. The first kappa shape index (κ1) is 19.8. The lowest BCUT2D eigenvalue weighted by Gasteiger charge is -2.25. The van der Waals surface area contributed by atoms with E-state index in [-0.39, 0.29) is 17.1 Å². The molecular formula is C26H19NO5. The molecule has 2 heterocycles. The molecule has 5 rings (SSSR count). The van der Waals surface area contributed by atoms with Crippen LogP contribution in [0.5, 0.6) is 0 Å². The van der Waals surface area contributed by atoms with Crippen LogP contribution in [0.15, 0.2) is 88.1 Å². The highest BCUT2D eigenvalue weighted by Crippen LogP contribution is 2.39.